The molecule has 15 heavy (non-hydrogen) atoms. The Bertz CT molecular complexity index is 422. The van der Waals surface area contributed by atoms with E-state index < -0.39 is 0 Å². The lowest BCUT2D eigenvalue weighted by Gasteiger charge is -2.15. The molecule has 1 heterocycles. The van der Waals surface area contributed by atoms with E-state index in [1.165, 1.54) is 5.56 Å². The molecule has 0 amide bonds. The molecule has 0 radical (unpaired) electrons. The molecule has 0 aliphatic carbocycles. The average molecular weight is 202 g/mol. The van der Waals surface area contributed by atoms with Crippen molar-refractivity contribution in [3.8, 4) is 0 Å². The molecule has 2 rings (SSSR count). The number of rotatable bonds is 3. The average Bonchev–Trinajstić information content (AvgIpc) is 2.77. The van der Waals surface area contributed by atoms with Gasteiger partial charge in [-0.3, -0.25) is 0 Å². The van der Waals surface area contributed by atoms with Crippen molar-refractivity contribution in [1.82, 2.24) is 9.55 Å². The van der Waals surface area contributed by atoms with Gasteiger partial charge < -0.3 is 9.67 Å². The van der Waals surface area contributed by atoms with Crippen molar-refractivity contribution in [3.05, 3.63) is 54.1 Å². The summed E-state index contributed by atoms with van der Waals surface area (Å²) < 4.78 is 1.98. The number of hydrogen-bond donors (Lipinski definition) is 1. The summed E-state index contributed by atoms with van der Waals surface area (Å²) in [7, 11) is 0. The third kappa shape index (κ3) is 1.92. The monoisotopic (exact) mass is 202 g/mol. The van der Waals surface area contributed by atoms with Crippen molar-refractivity contribution in [3.63, 3.8) is 0 Å². The van der Waals surface area contributed by atoms with Crippen LogP contribution in [0, 0.1) is 0 Å². The minimum atomic E-state index is -0.0236. The molecular formula is C12H14N2O. The Balaban J connectivity index is 2.32. The van der Waals surface area contributed by atoms with Gasteiger partial charge >= 0.3 is 0 Å². The molecule has 78 valence electrons. The van der Waals surface area contributed by atoms with Crippen LogP contribution in [0.1, 0.15) is 24.4 Å². The van der Waals surface area contributed by atoms with E-state index in [4.69, 9.17) is 5.11 Å². The first-order valence-corrected chi connectivity index (χ1v) is 5.00. The summed E-state index contributed by atoms with van der Waals surface area (Å²) in [4.78, 5) is 4.09. The molecule has 0 aliphatic heterocycles. The number of aromatic nitrogens is 2. The number of aliphatic hydroxyl groups is 1. The second-order valence-electron chi connectivity index (χ2n) is 3.50. The summed E-state index contributed by atoms with van der Waals surface area (Å²) in [5.41, 5.74) is 1.21. The van der Waals surface area contributed by atoms with E-state index in [9.17, 15) is 0 Å². The molecule has 0 aliphatic rings. The maximum atomic E-state index is 9.12. The van der Waals surface area contributed by atoms with Gasteiger partial charge in [-0.25, -0.2) is 4.98 Å². The van der Waals surface area contributed by atoms with E-state index in [0.717, 1.165) is 0 Å². The van der Waals surface area contributed by atoms with E-state index >= 15 is 0 Å². The molecule has 1 N–H and O–H groups in total. The van der Waals surface area contributed by atoms with E-state index in [0.29, 0.717) is 5.82 Å². The van der Waals surface area contributed by atoms with Crippen molar-refractivity contribution in [1.29, 1.82) is 0 Å². The van der Waals surface area contributed by atoms with Crippen LogP contribution in [0.25, 0.3) is 0 Å². The molecule has 1 atom stereocenters. The SMILES string of the molecule is CC(c1ccccc1)n1ccnc1CO. The molecular weight excluding hydrogens is 188 g/mol. The number of hydrogen-bond acceptors (Lipinski definition) is 2. The van der Waals surface area contributed by atoms with Crippen LogP contribution < -0.4 is 0 Å². The molecule has 3 nitrogen and oxygen atoms in total. The van der Waals surface area contributed by atoms with E-state index in [1.54, 1.807) is 6.20 Å². The van der Waals surface area contributed by atoms with Crippen LogP contribution in [0.3, 0.4) is 0 Å². The van der Waals surface area contributed by atoms with Gasteiger partial charge in [0.2, 0.25) is 0 Å². The van der Waals surface area contributed by atoms with Crippen LogP contribution in [0.4, 0.5) is 0 Å². The predicted molar refractivity (Wildman–Crippen MR) is 58.4 cm³/mol. The molecule has 1 aromatic carbocycles. The van der Waals surface area contributed by atoms with Crippen molar-refractivity contribution >= 4 is 0 Å². The van der Waals surface area contributed by atoms with Crippen molar-refractivity contribution in [2.24, 2.45) is 0 Å². The molecule has 0 fully saturated rings. The minimum absolute atomic E-state index is 0.0236. The fourth-order valence-electron chi connectivity index (χ4n) is 1.71. The topological polar surface area (TPSA) is 38.0 Å². The second-order valence-corrected chi connectivity index (χ2v) is 3.50. The van der Waals surface area contributed by atoms with Crippen molar-refractivity contribution in [2.45, 2.75) is 19.6 Å². The first kappa shape index (κ1) is 9.93. The summed E-state index contributed by atoms with van der Waals surface area (Å²) in [5, 5.41) is 9.12. The van der Waals surface area contributed by atoms with Gasteiger partial charge in [0.15, 0.2) is 0 Å². The Morgan fingerprint density at radius 1 is 1.33 bits per heavy atom. The Hall–Kier alpha value is -1.61. The summed E-state index contributed by atoms with van der Waals surface area (Å²) in [6.07, 6.45) is 3.61. The van der Waals surface area contributed by atoms with Gasteiger partial charge in [0.05, 0.1) is 6.04 Å². The van der Waals surface area contributed by atoms with Crippen LogP contribution in [0.15, 0.2) is 42.7 Å². The largest absolute Gasteiger partial charge is 0.388 e. The molecule has 0 saturated carbocycles. The number of benzene rings is 1. The highest BCUT2D eigenvalue weighted by molar-refractivity contribution is 5.19. The Morgan fingerprint density at radius 3 is 2.73 bits per heavy atom. The maximum Gasteiger partial charge on any atom is 0.135 e. The smallest absolute Gasteiger partial charge is 0.135 e. The summed E-state index contributed by atoms with van der Waals surface area (Å²) in [6.45, 7) is 2.07. The Morgan fingerprint density at radius 2 is 2.07 bits per heavy atom. The quantitative estimate of drug-likeness (QED) is 0.826. The third-order valence-corrected chi connectivity index (χ3v) is 2.59. The predicted octanol–water partition coefficient (Wildman–Crippen LogP) is 1.98. The van der Waals surface area contributed by atoms with Gasteiger partial charge in [0.1, 0.15) is 12.4 Å². The van der Waals surface area contributed by atoms with Gasteiger partial charge in [0, 0.05) is 12.4 Å². The molecule has 0 saturated heterocycles. The molecule has 3 heteroatoms. The maximum absolute atomic E-state index is 9.12. The zero-order valence-corrected chi connectivity index (χ0v) is 8.67. The Kier molecular flexibility index (Phi) is 2.83. The lowest BCUT2D eigenvalue weighted by Crippen LogP contribution is -2.09. The third-order valence-electron chi connectivity index (χ3n) is 2.59. The highest BCUT2D eigenvalue weighted by Gasteiger charge is 2.10. The lowest BCUT2D eigenvalue weighted by molar-refractivity contribution is 0.263. The molecule has 1 unspecified atom stereocenters. The van der Waals surface area contributed by atoms with Crippen LogP contribution in [-0.2, 0) is 6.61 Å². The molecule has 0 spiro atoms. The zero-order valence-electron chi connectivity index (χ0n) is 8.67. The van der Waals surface area contributed by atoms with Gasteiger partial charge in [-0.2, -0.15) is 0 Å². The minimum Gasteiger partial charge on any atom is -0.388 e. The van der Waals surface area contributed by atoms with Crippen molar-refractivity contribution < 1.29 is 5.11 Å². The standard InChI is InChI=1S/C12H14N2O/c1-10(11-5-3-2-4-6-11)14-8-7-13-12(14)9-15/h2-8,10,15H,9H2,1H3. The number of aliphatic hydroxyl groups excluding tert-OH is 1. The zero-order chi connectivity index (χ0) is 10.7. The van der Waals surface area contributed by atoms with Crippen LogP contribution in [-0.4, -0.2) is 14.7 Å². The number of imidazole rings is 1. The highest BCUT2D eigenvalue weighted by Crippen LogP contribution is 2.18. The van der Waals surface area contributed by atoms with E-state index in [2.05, 4.69) is 24.0 Å². The first-order valence-electron chi connectivity index (χ1n) is 5.00. The summed E-state index contributed by atoms with van der Waals surface area (Å²) in [5.74, 6) is 0.700. The molecule has 2 aromatic rings. The fraction of sp³-hybridized carbons (Fsp3) is 0.250. The van der Waals surface area contributed by atoms with Crippen LogP contribution >= 0.6 is 0 Å². The molecule has 1 aromatic heterocycles. The summed E-state index contributed by atoms with van der Waals surface area (Å²) in [6, 6.07) is 10.4. The van der Waals surface area contributed by atoms with Crippen LogP contribution in [0.2, 0.25) is 0 Å². The Labute approximate surface area is 89.0 Å². The van der Waals surface area contributed by atoms with Gasteiger partial charge in [-0.15, -0.1) is 0 Å². The van der Waals surface area contributed by atoms with Gasteiger partial charge in [0.25, 0.3) is 0 Å². The normalized spacial score (nSPS) is 12.7. The lowest BCUT2D eigenvalue weighted by atomic mass is 10.1. The fourth-order valence-corrected chi connectivity index (χ4v) is 1.71. The van der Waals surface area contributed by atoms with Gasteiger partial charge in [-0.1, -0.05) is 30.3 Å². The van der Waals surface area contributed by atoms with E-state index in [1.807, 2.05) is 29.0 Å². The summed E-state index contributed by atoms with van der Waals surface area (Å²) >= 11 is 0. The second kappa shape index (κ2) is 4.28. The number of nitrogens with zero attached hydrogens (tertiary/aromatic N) is 2. The van der Waals surface area contributed by atoms with Crippen LogP contribution in [0.5, 0.6) is 0 Å². The first-order chi connectivity index (χ1) is 7.33. The van der Waals surface area contributed by atoms with Crippen molar-refractivity contribution in [2.75, 3.05) is 0 Å². The van der Waals surface area contributed by atoms with Gasteiger partial charge in [-0.05, 0) is 12.5 Å². The molecule has 0 bridgehead atoms. The highest BCUT2D eigenvalue weighted by atomic mass is 16.3. The van der Waals surface area contributed by atoms with E-state index in [-0.39, 0.29) is 12.6 Å².